The van der Waals surface area contributed by atoms with E-state index >= 15 is 0 Å². The van der Waals surface area contributed by atoms with E-state index in [4.69, 9.17) is 13.3 Å². The first kappa shape index (κ1) is 14.2. The minimum Gasteiger partial charge on any atom is -0.373 e. The Morgan fingerprint density at radius 3 is 2.06 bits per heavy atom. The maximum atomic E-state index is 13.2. The highest BCUT2D eigenvalue weighted by atomic mass is 28.4. The highest BCUT2D eigenvalue weighted by Crippen LogP contribution is 2.12. The largest absolute Gasteiger partial charge is 0.537 e. The molecular formula is C11H16F2O3Si. The van der Waals surface area contributed by atoms with E-state index in [1.807, 2.05) is 0 Å². The molecule has 0 aromatic heterocycles. The molecule has 1 rings (SSSR count). The van der Waals surface area contributed by atoms with Crippen LogP contribution in [0.4, 0.5) is 8.78 Å². The van der Waals surface area contributed by atoms with Crippen molar-refractivity contribution in [1.82, 2.24) is 0 Å². The lowest BCUT2D eigenvalue weighted by molar-refractivity contribution is 0.102. The molecule has 0 heterocycles. The molecule has 0 fully saturated rings. The van der Waals surface area contributed by atoms with Gasteiger partial charge in [-0.05, 0) is 26.0 Å². The first-order valence-electron chi connectivity index (χ1n) is 5.38. The molecule has 0 aliphatic rings. The van der Waals surface area contributed by atoms with Crippen molar-refractivity contribution in [1.29, 1.82) is 0 Å². The van der Waals surface area contributed by atoms with E-state index in [1.165, 1.54) is 13.2 Å². The second-order valence-corrected chi connectivity index (χ2v) is 5.93. The monoisotopic (exact) mass is 262 g/mol. The fourth-order valence-electron chi connectivity index (χ4n) is 1.51. The molecule has 96 valence electrons. The van der Waals surface area contributed by atoms with Gasteiger partial charge in [0.25, 0.3) is 0 Å². The summed E-state index contributed by atoms with van der Waals surface area (Å²) in [6, 6.07) is 3.54. The fourth-order valence-corrected chi connectivity index (χ4v) is 3.75. The summed E-state index contributed by atoms with van der Waals surface area (Å²) in [7, 11) is -1.66. The van der Waals surface area contributed by atoms with Crippen LogP contribution < -0.4 is 5.19 Å². The number of rotatable bonds is 6. The van der Waals surface area contributed by atoms with Gasteiger partial charge in [0.05, 0.1) is 0 Å². The minimum absolute atomic E-state index is 0.374. The summed E-state index contributed by atoms with van der Waals surface area (Å²) in [5.41, 5.74) is 0. The molecule has 0 unspecified atom stereocenters. The third-order valence-corrected chi connectivity index (χ3v) is 5.10. The lowest BCUT2D eigenvalue weighted by atomic mass is 10.3. The van der Waals surface area contributed by atoms with Gasteiger partial charge in [0.1, 0.15) is 0 Å². The van der Waals surface area contributed by atoms with Crippen LogP contribution in [-0.4, -0.2) is 29.1 Å². The zero-order valence-corrected chi connectivity index (χ0v) is 11.1. The lowest BCUT2D eigenvalue weighted by Crippen LogP contribution is -2.56. The smallest absolute Gasteiger partial charge is 0.373 e. The first-order chi connectivity index (χ1) is 8.09. The average molecular weight is 262 g/mol. The summed E-state index contributed by atoms with van der Waals surface area (Å²) < 4.78 is 42.4. The molecular weight excluding hydrogens is 246 g/mol. The van der Waals surface area contributed by atoms with Crippen molar-refractivity contribution in [2.45, 2.75) is 13.8 Å². The summed E-state index contributed by atoms with van der Waals surface area (Å²) in [5.74, 6) is -1.84. The van der Waals surface area contributed by atoms with Crippen LogP contribution >= 0.6 is 0 Å². The topological polar surface area (TPSA) is 27.7 Å². The van der Waals surface area contributed by atoms with Crippen LogP contribution in [0.5, 0.6) is 0 Å². The molecule has 0 atom stereocenters. The Balaban J connectivity index is 3.14. The van der Waals surface area contributed by atoms with Gasteiger partial charge >= 0.3 is 8.80 Å². The van der Waals surface area contributed by atoms with Gasteiger partial charge in [-0.25, -0.2) is 8.78 Å². The van der Waals surface area contributed by atoms with Gasteiger partial charge in [0, 0.05) is 25.5 Å². The molecule has 0 bridgehead atoms. The molecule has 0 N–H and O–H groups in total. The Hall–Kier alpha value is -0.823. The van der Waals surface area contributed by atoms with Crippen molar-refractivity contribution in [3.63, 3.8) is 0 Å². The van der Waals surface area contributed by atoms with Crippen LogP contribution in [-0.2, 0) is 13.3 Å². The molecule has 0 radical (unpaired) electrons. The zero-order chi connectivity index (χ0) is 12.9. The molecule has 1 aromatic carbocycles. The van der Waals surface area contributed by atoms with Crippen molar-refractivity contribution in [2.24, 2.45) is 0 Å². The SMILES string of the molecule is CCO[Si](OC)(OCC)c1ccc(F)c(F)c1. The highest BCUT2D eigenvalue weighted by molar-refractivity contribution is 6.75. The van der Waals surface area contributed by atoms with E-state index in [2.05, 4.69) is 0 Å². The Kier molecular flexibility index (Phi) is 5.19. The van der Waals surface area contributed by atoms with Crippen LogP contribution in [0.25, 0.3) is 0 Å². The normalized spacial score (nSPS) is 11.8. The molecule has 6 heteroatoms. The van der Waals surface area contributed by atoms with Crippen molar-refractivity contribution in [3.05, 3.63) is 29.8 Å². The minimum atomic E-state index is -3.11. The zero-order valence-electron chi connectivity index (χ0n) is 10.1. The first-order valence-corrected chi connectivity index (χ1v) is 7.10. The number of hydrogen-bond acceptors (Lipinski definition) is 3. The van der Waals surface area contributed by atoms with E-state index in [1.54, 1.807) is 13.8 Å². The average Bonchev–Trinajstić information content (AvgIpc) is 2.32. The molecule has 0 aliphatic carbocycles. The van der Waals surface area contributed by atoms with Crippen molar-refractivity contribution >= 4 is 14.0 Å². The van der Waals surface area contributed by atoms with E-state index in [0.29, 0.717) is 18.4 Å². The second-order valence-electron chi connectivity index (χ2n) is 3.26. The summed E-state index contributed by atoms with van der Waals surface area (Å²) in [5, 5.41) is 0.419. The third kappa shape index (κ3) is 3.10. The van der Waals surface area contributed by atoms with Crippen molar-refractivity contribution in [2.75, 3.05) is 20.3 Å². The van der Waals surface area contributed by atoms with Gasteiger partial charge in [-0.2, -0.15) is 0 Å². The van der Waals surface area contributed by atoms with E-state index in [-0.39, 0.29) is 0 Å². The predicted molar refractivity (Wildman–Crippen MR) is 62.0 cm³/mol. The summed E-state index contributed by atoms with van der Waals surface area (Å²) >= 11 is 0. The number of halogens is 2. The molecule has 0 saturated heterocycles. The molecule has 0 amide bonds. The quantitative estimate of drug-likeness (QED) is 0.732. The van der Waals surface area contributed by atoms with Gasteiger partial charge in [-0.3, -0.25) is 0 Å². The fraction of sp³-hybridized carbons (Fsp3) is 0.455. The van der Waals surface area contributed by atoms with Crippen LogP contribution in [0.2, 0.25) is 0 Å². The summed E-state index contributed by atoms with van der Waals surface area (Å²) in [4.78, 5) is 0. The maximum absolute atomic E-state index is 13.2. The molecule has 3 nitrogen and oxygen atoms in total. The van der Waals surface area contributed by atoms with Gasteiger partial charge in [0.2, 0.25) is 0 Å². The summed E-state index contributed by atoms with van der Waals surface area (Å²) in [6.07, 6.45) is 0. The van der Waals surface area contributed by atoms with E-state index in [9.17, 15) is 8.78 Å². The standard InChI is InChI=1S/C11H16F2O3Si/c1-4-15-17(14-3,16-5-2)9-6-7-10(12)11(13)8-9/h6-8H,4-5H2,1-3H3. The Morgan fingerprint density at radius 2 is 1.65 bits per heavy atom. The lowest BCUT2D eigenvalue weighted by Gasteiger charge is -2.27. The molecule has 1 aromatic rings. The summed E-state index contributed by atoms with van der Waals surface area (Å²) in [6.45, 7) is 4.33. The van der Waals surface area contributed by atoms with E-state index < -0.39 is 20.4 Å². The van der Waals surface area contributed by atoms with Crippen LogP contribution in [0.1, 0.15) is 13.8 Å². The second kappa shape index (κ2) is 6.20. The predicted octanol–water partition coefficient (Wildman–Crippen LogP) is 1.83. The number of benzene rings is 1. The molecule has 0 spiro atoms. The maximum Gasteiger partial charge on any atom is 0.537 e. The van der Waals surface area contributed by atoms with Crippen molar-refractivity contribution in [3.8, 4) is 0 Å². The highest BCUT2D eigenvalue weighted by Gasteiger charge is 2.42. The third-order valence-electron chi connectivity index (χ3n) is 2.21. The van der Waals surface area contributed by atoms with Crippen LogP contribution in [0, 0.1) is 11.6 Å². The van der Waals surface area contributed by atoms with Gasteiger partial charge in [-0.1, -0.05) is 6.07 Å². The Morgan fingerprint density at radius 1 is 1.06 bits per heavy atom. The van der Waals surface area contributed by atoms with Gasteiger partial charge in [0.15, 0.2) is 11.6 Å². The molecule has 0 saturated carbocycles. The van der Waals surface area contributed by atoms with Crippen LogP contribution in [0.15, 0.2) is 18.2 Å². The number of hydrogen-bond donors (Lipinski definition) is 0. The van der Waals surface area contributed by atoms with Gasteiger partial charge < -0.3 is 13.3 Å². The Labute approximate surface area is 101 Å². The van der Waals surface area contributed by atoms with E-state index in [0.717, 1.165) is 12.1 Å². The Bertz CT molecular complexity index is 368. The van der Waals surface area contributed by atoms with Gasteiger partial charge in [-0.15, -0.1) is 0 Å². The molecule has 17 heavy (non-hydrogen) atoms. The van der Waals surface area contributed by atoms with Crippen molar-refractivity contribution < 1.29 is 22.1 Å². The molecule has 0 aliphatic heterocycles. The van der Waals surface area contributed by atoms with Crippen LogP contribution in [0.3, 0.4) is 0 Å².